The molecule has 3 aromatic rings. The van der Waals surface area contributed by atoms with Crippen LogP contribution in [-0.2, 0) is 38.9 Å². The Balaban J connectivity index is 1.27. The number of aliphatic hydroxyl groups excluding tert-OH is 2. The highest BCUT2D eigenvalue weighted by atomic mass is 32.2. The number of likely N-dealkylation sites (N-methyl/N-ethyl adjacent to an activating group) is 1. The number of amides is 2. The lowest BCUT2D eigenvalue weighted by Gasteiger charge is -2.45. The molecule has 4 heterocycles. The summed E-state index contributed by atoms with van der Waals surface area (Å²) in [5.74, 6) is -0.672. The highest BCUT2D eigenvalue weighted by Crippen LogP contribution is 2.30. The molecule has 2 aliphatic heterocycles. The van der Waals surface area contributed by atoms with Crippen LogP contribution in [0.4, 0.5) is 0 Å². The van der Waals surface area contributed by atoms with Crippen LogP contribution in [0.5, 0.6) is 0 Å². The van der Waals surface area contributed by atoms with E-state index < -0.39 is 57.5 Å². The van der Waals surface area contributed by atoms with E-state index >= 15 is 0 Å². The zero-order valence-electron chi connectivity index (χ0n) is 31.2. The maximum atomic E-state index is 14.8. The van der Waals surface area contributed by atoms with Gasteiger partial charge < -0.3 is 30.7 Å². The van der Waals surface area contributed by atoms with Gasteiger partial charge >= 0.3 is 0 Å². The van der Waals surface area contributed by atoms with Crippen molar-refractivity contribution < 1.29 is 28.2 Å². The first kappa shape index (κ1) is 39.9. The number of benzene rings is 1. The zero-order valence-corrected chi connectivity index (χ0v) is 32.0. The Morgan fingerprint density at radius 1 is 1.00 bits per heavy atom. The van der Waals surface area contributed by atoms with Crippen molar-refractivity contribution in [3.8, 4) is 0 Å². The minimum atomic E-state index is -3.97. The van der Waals surface area contributed by atoms with Gasteiger partial charge in [0.05, 0.1) is 24.2 Å². The average molecular weight is 765 g/mol. The highest BCUT2D eigenvalue weighted by molar-refractivity contribution is 7.89. The summed E-state index contributed by atoms with van der Waals surface area (Å²) in [6, 6.07) is 12.0. The molecule has 14 nitrogen and oxygen atoms in total. The number of aliphatic hydroxyl groups is 2. The van der Waals surface area contributed by atoms with Crippen molar-refractivity contribution in [1.29, 1.82) is 0 Å². The molecule has 0 spiro atoms. The predicted molar refractivity (Wildman–Crippen MR) is 204 cm³/mol. The van der Waals surface area contributed by atoms with Crippen molar-refractivity contribution in [1.82, 2.24) is 39.7 Å². The first-order valence-corrected chi connectivity index (χ1v) is 20.9. The molecule has 3 aliphatic rings. The standard InChI is InChI=1S/C39H56N8O6S/c1-45-19-18-40-26-36(45)54(52,53)47-21-20-46(39(51)34(47)23-29-12-6-3-7-13-29)33(24-31-25-41-27-43-31)38(50)44-32(22-28-10-4-2-5-11-28)37(49)35(48)16-15-30-14-8-9-17-42-30/h3,6-9,12-14,17,25,27-28,32-37,40,48-49H,2,4-5,10-11,15-16,18-24,26H2,1H3,(H,41,43)(H,44,50)/t32-,33?,34+,35-,36?,37+/m0/s1. The largest absolute Gasteiger partial charge is 0.390 e. The van der Waals surface area contributed by atoms with Crippen molar-refractivity contribution >= 4 is 21.8 Å². The Hall–Kier alpha value is -3.73. The predicted octanol–water partition coefficient (Wildman–Crippen LogP) is 1.47. The molecular formula is C39H56N8O6S. The zero-order chi connectivity index (χ0) is 38.1. The van der Waals surface area contributed by atoms with Gasteiger partial charge in [0, 0.05) is 57.2 Å². The van der Waals surface area contributed by atoms with Crippen LogP contribution >= 0.6 is 0 Å². The Labute approximate surface area is 318 Å². The third kappa shape index (κ3) is 9.92. The number of hydrogen-bond acceptors (Lipinski definition) is 10. The number of aromatic nitrogens is 3. The number of sulfonamides is 1. The number of nitrogens with zero attached hydrogens (tertiary/aromatic N) is 5. The van der Waals surface area contributed by atoms with Crippen molar-refractivity contribution in [2.24, 2.45) is 5.92 Å². The molecule has 54 heavy (non-hydrogen) atoms. The second-order valence-electron chi connectivity index (χ2n) is 15.1. The molecule has 2 unspecified atom stereocenters. The summed E-state index contributed by atoms with van der Waals surface area (Å²) in [7, 11) is -2.19. The maximum absolute atomic E-state index is 14.8. The number of hydrogen-bond donors (Lipinski definition) is 5. The van der Waals surface area contributed by atoms with Crippen LogP contribution in [0, 0.1) is 5.92 Å². The number of carbonyl (C=O) groups excluding carboxylic acids is 2. The molecule has 0 radical (unpaired) electrons. The lowest BCUT2D eigenvalue weighted by Crippen LogP contribution is -2.67. The van der Waals surface area contributed by atoms with E-state index in [9.17, 15) is 28.2 Å². The lowest BCUT2D eigenvalue weighted by molar-refractivity contribution is -0.147. The number of rotatable bonds is 16. The first-order valence-electron chi connectivity index (χ1n) is 19.4. The summed E-state index contributed by atoms with van der Waals surface area (Å²) >= 11 is 0. The van der Waals surface area contributed by atoms with Crippen LogP contribution in [0.3, 0.4) is 0 Å². The Morgan fingerprint density at radius 3 is 2.48 bits per heavy atom. The minimum absolute atomic E-state index is 0.00172. The molecule has 2 aromatic heterocycles. The molecule has 1 saturated carbocycles. The molecule has 1 aromatic carbocycles. The normalized spacial score (nSPS) is 23.1. The molecule has 5 N–H and O–H groups in total. The second-order valence-corrected chi connectivity index (χ2v) is 17.1. The van der Waals surface area contributed by atoms with Gasteiger partial charge in [-0.3, -0.25) is 19.5 Å². The molecule has 0 bridgehead atoms. The monoisotopic (exact) mass is 764 g/mol. The van der Waals surface area contributed by atoms with Crippen molar-refractivity contribution in [3.63, 3.8) is 0 Å². The van der Waals surface area contributed by atoms with Crippen LogP contribution < -0.4 is 10.6 Å². The third-order valence-corrected chi connectivity index (χ3v) is 13.7. The van der Waals surface area contributed by atoms with Gasteiger partial charge in [0.25, 0.3) is 0 Å². The third-order valence-electron chi connectivity index (χ3n) is 11.4. The van der Waals surface area contributed by atoms with Crippen LogP contribution in [0.1, 0.15) is 61.9 Å². The molecule has 15 heteroatoms. The quantitative estimate of drug-likeness (QED) is 0.143. The van der Waals surface area contributed by atoms with Crippen molar-refractivity contribution in [2.75, 3.05) is 39.8 Å². The van der Waals surface area contributed by atoms with Gasteiger partial charge in [0.2, 0.25) is 21.8 Å². The van der Waals surface area contributed by atoms with Gasteiger partial charge in [0.15, 0.2) is 0 Å². The van der Waals surface area contributed by atoms with E-state index in [4.69, 9.17) is 0 Å². The minimum Gasteiger partial charge on any atom is -0.390 e. The van der Waals surface area contributed by atoms with Gasteiger partial charge in [-0.05, 0) is 56.3 Å². The molecule has 2 saturated heterocycles. The maximum Gasteiger partial charge on any atom is 0.243 e. The summed E-state index contributed by atoms with van der Waals surface area (Å²) in [6.45, 7) is 1.48. The summed E-state index contributed by atoms with van der Waals surface area (Å²) in [4.78, 5) is 44.3. The Morgan fingerprint density at radius 2 is 1.78 bits per heavy atom. The van der Waals surface area contributed by atoms with E-state index in [-0.39, 0.29) is 44.8 Å². The van der Waals surface area contributed by atoms with Gasteiger partial charge in [-0.1, -0.05) is 68.5 Å². The van der Waals surface area contributed by atoms with Gasteiger partial charge in [0.1, 0.15) is 23.6 Å². The van der Waals surface area contributed by atoms with Crippen LogP contribution in [0.2, 0.25) is 0 Å². The summed E-state index contributed by atoms with van der Waals surface area (Å²) in [6.07, 6.45) is 9.17. The van der Waals surface area contributed by atoms with E-state index in [0.29, 0.717) is 31.6 Å². The molecule has 6 rings (SSSR count). The average Bonchev–Trinajstić information content (AvgIpc) is 3.71. The molecule has 1 aliphatic carbocycles. The highest BCUT2D eigenvalue weighted by Gasteiger charge is 2.48. The number of nitrogens with one attached hydrogen (secondary N) is 3. The number of aryl methyl sites for hydroxylation is 1. The topological polar surface area (TPSA) is 184 Å². The molecular weight excluding hydrogens is 709 g/mol. The number of imidazole rings is 1. The number of piperazine rings is 2. The van der Waals surface area contributed by atoms with Gasteiger partial charge in [-0.15, -0.1) is 0 Å². The van der Waals surface area contributed by atoms with E-state index in [2.05, 4.69) is 25.6 Å². The fourth-order valence-corrected chi connectivity index (χ4v) is 10.3. The second kappa shape index (κ2) is 18.7. The van der Waals surface area contributed by atoms with E-state index in [1.165, 1.54) is 15.5 Å². The number of carbonyl (C=O) groups is 2. The first-order chi connectivity index (χ1) is 26.1. The summed E-state index contributed by atoms with van der Waals surface area (Å²) in [5, 5.41) is 28.3. The lowest BCUT2D eigenvalue weighted by atomic mass is 9.82. The van der Waals surface area contributed by atoms with E-state index in [1.54, 1.807) is 24.3 Å². The SMILES string of the molecule is CN1CCNCC1S(=O)(=O)N1CCN(C(Cc2c[nH]cn2)C(=O)N[C@@H](CC2CCCCC2)[C@@H](O)[C@@H](O)CCc2ccccn2)C(=O)[C@H]1Cc1ccccc1. The van der Waals surface area contributed by atoms with Crippen LogP contribution in [-0.4, -0.2) is 135 Å². The molecule has 3 fully saturated rings. The summed E-state index contributed by atoms with van der Waals surface area (Å²) in [5.41, 5.74) is 2.16. The smallest absolute Gasteiger partial charge is 0.243 e. The van der Waals surface area contributed by atoms with E-state index in [1.807, 2.05) is 48.5 Å². The Bertz CT molecular complexity index is 1730. The van der Waals surface area contributed by atoms with Gasteiger partial charge in [-0.25, -0.2) is 13.4 Å². The fourth-order valence-electron chi connectivity index (χ4n) is 8.27. The molecule has 294 valence electrons. The van der Waals surface area contributed by atoms with E-state index in [0.717, 1.165) is 43.4 Å². The molecule has 2 amide bonds. The van der Waals surface area contributed by atoms with Crippen molar-refractivity contribution in [3.05, 3.63) is 84.2 Å². The van der Waals surface area contributed by atoms with Crippen molar-refractivity contribution in [2.45, 2.75) is 99.9 Å². The fraction of sp³-hybridized carbons (Fsp3) is 0.590. The number of H-pyrrole nitrogens is 1. The molecule has 6 atom stereocenters. The van der Waals surface area contributed by atoms with Crippen LogP contribution in [0.15, 0.2) is 67.3 Å². The van der Waals surface area contributed by atoms with Crippen LogP contribution in [0.25, 0.3) is 0 Å². The number of aromatic amines is 1. The van der Waals surface area contributed by atoms with Gasteiger partial charge in [-0.2, -0.15) is 4.31 Å². The number of pyridine rings is 1. The Kier molecular flexibility index (Phi) is 13.9. The summed E-state index contributed by atoms with van der Waals surface area (Å²) < 4.78 is 29.9.